The molecule has 0 bridgehead atoms. The molecule has 1 atom stereocenters. The number of aryl methyl sites for hydroxylation is 1. The van der Waals surface area contributed by atoms with Gasteiger partial charge in [0.2, 0.25) is 0 Å². The van der Waals surface area contributed by atoms with Gasteiger partial charge in [0.05, 0.1) is 0 Å². The lowest BCUT2D eigenvalue weighted by Crippen LogP contribution is -2.22. The second-order valence-corrected chi connectivity index (χ2v) is 5.20. The molecule has 1 aromatic carbocycles. The molecule has 0 fully saturated rings. The number of nitrogens with two attached hydrogens (primary N) is 1. The quantitative estimate of drug-likeness (QED) is 0.741. The number of rotatable bonds is 1. The van der Waals surface area contributed by atoms with Gasteiger partial charge in [0.25, 0.3) is 0 Å². The minimum atomic E-state index is -0.794. The Hall–Kier alpha value is -1.32. The maximum atomic E-state index is 10.8. The first kappa shape index (κ1) is 9.87. The molecule has 0 saturated heterocycles. The topological polar surface area (TPSA) is 46.2 Å². The van der Waals surface area contributed by atoms with Gasteiger partial charge in [-0.1, -0.05) is 12.1 Å². The first-order valence-electron chi connectivity index (χ1n) is 5.35. The first-order valence-corrected chi connectivity index (χ1v) is 6.23. The van der Waals surface area contributed by atoms with Gasteiger partial charge in [-0.3, -0.25) is 0 Å². The highest BCUT2D eigenvalue weighted by atomic mass is 32.1. The monoisotopic (exact) mass is 231 g/mol. The number of hydrogen-bond acceptors (Lipinski definition) is 3. The molecule has 3 heteroatoms. The fourth-order valence-corrected chi connectivity index (χ4v) is 3.31. The zero-order valence-electron chi connectivity index (χ0n) is 8.81. The van der Waals surface area contributed by atoms with E-state index in [4.69, 9.17) is 5.73 Å². The summed E-state index contributed by atoms with van der Waals surface area (Å²) >= 11 is 1.61. The smallest absolute Gasteiger partial charge is 0.124 e. The number of hydrogen-bond donors (Lipinski definition) is 2. The van der Waals surface area contributed by atoms with Crippen LogP contribution < -0.4 is 5.73 Å². The Balaban J connectivity index is 2.15. The zero-order chi connectivity index (χ0) is 11.2. The Labute approximate surface area is 98.4 Å². The molecule has 1 aromatic heterocycles. The Bertz CT molecular complexity index is 521. The molecule has 3 N–H and O–H groups in total. The van der Waals surface area contributed by atoms with Crippen LogP contribution in [0.5, 0.6) is 0 Å². The van der Waals surface area contributed by atoms with Crippen LogP contribution in [0.2, 0.25) is 0 Å². The van der Waals surface area contributed by atoms with Gasteiger partial charge < -0.3 is 10.8 Å². The maximum absolute atomic E-state index is 10.8. The van der Waals surface area contributed by atoms with Gasteiger partial charge in [-0.25, -0.2) is 0 Å². The van der Waals surface area contributed by atoms with Gasteiger partial charge in [-0.05, 0) is 47.5 Å². The van der Waals surface area contributed by atoms with Crippen molar-refractivity contribution < 1.29 is 5.11 Å². The van der Waals surface area contributed by atoms with Crippen LogP contribution in [-0.2, 0) is 12.0 Å². The van der Waals surface area contributed by atoms with Crippen LogP contribution >= 0.6 is 11.3 Å². The van der Waals surface area contributed by atoms with Crippen molar-refractivity contribution in [2.75, 3.05) is 5.73 Å². The SMILES string of the molecule is Nc1ccc2c(c1)CCC2(O)c1cccs1. The number of benzene rings is 1. The molecule has 0 saturated carbocycles. The Morgan fingerprint density at radius 2 is 2.19 bits per heavy atom. The lowest BCUT2D eigenvalue weighted by atomic mass is 9.94. The zero-order valence-corrected chi connectivity index (χ0v) is 9.63. The summed E-state index contributed by atoms with van der Waals surface area (Å²) in [4.78, 5) is 1.02. The van der Waals surface area contributed by atoms with E-state index in [-0.39, 0.29) is 0 Å². The van der Waals surface area contributed by atoms with Gasteiger partial charge in [0, 0.05) is 10.6 Å². The minimum Gasteiger partial charge on any atom is -0.399 e. The standard InChI is InChI=1S/C13H13NOS/c14-10-3-4-11-9(8-10)5-6-13(11,15)12-2-1-7-16-12/h1-4,7-8,15H,5-6,14H2. The molecule has 82 valence electrons. The van der Waals surface area contributed by atoms with Crippen molar-refractivity contribution in [3.63, 3.8) is 0 Å². The number of aliphatic hydroxyl groups is 1. The van der Waals surface area contributed by atoms with E-state index in [0.717, 1.165) is 29.0 Å². The van der Waals surface area contributed by atoms with Crippen molar-refractivity contribution in [3.8, 4) is 0 Å². The first-order chi connectivity index (χ1) is 7.70. The van der Waals surface area contributed by atoms with Gasteiger partial charge in [0.1, 0.15) is 5.60 Å². The highest BCUT2D eigenvalue weighted by molar-refractivity contribution is 7.10. The van der Waals surface area contributed by atoms with Crippen LogP contribution in [0.4, 0.5) is 5.69 Å². The van der Waals surface area contributed by atoms with E-state index in [9.17, 15) is 5.11 Å². The Kier molecular flexibility index (Phi) is 2.06. The van der Waals surface area contributed by atoms with Crippen molar-refractivity contribution >= 4 is 17.0 Å². The lowest BCUT2D eigenvalue weighted by Gasteiger charge is -2.22. The fraction of sp³-hybridized carbons (Fsp3) is 0.231. The van der Waals surface area contributed by atoms with Crippen molar-refractivity contribution in [2.24, 2.45) is 0 Å². The summed E-state index contributed by atoms with van der Waals surface area (Å²) in [5.74, 6) is 0. The van der Waals surface area contributed by atoms with E-state index in [1.807, 2.05) is 35.7 Å². The van der Waals surface area contributed by atoms with E-state index in [1.54, 1.807) is 11.3 Å². The summed E-state index contributed by atoms with van der Waals surface area (Å²) in [6, 6.07) is 9.77. The second kappa shape index (κ2) is 3.34. The predicted octanol–water partition coefficient (Wildman–Crippen LogP) is 2.51. The molecule has 0 amide bonds. The number of nitrogen functional groups attached to an aromatic ring is 1. The normalized spacial score (nSPS) is 23.3. The Morgan fingerprint density at radius 1 is 1.31 bits per heavy atom. The summed E-state index contributed by atoms with van der Waals surface area (Å²) in [6.07, 6.45) is 1.65. The van der Waals surface area contributed by atoms with E-state index in [2.05, 4.69) is 0 Å². The van der Waals surface area contributed by atoms with Crippen molar-refractivity contribution in [1.29, 1.82) is 0 Å². The molecular formula is C13H13NOS. The van der Waals surface area contributed by atoms with E-state index in [1.165, 1.54) is 5.56 Å². The van der Waals surface area contributed by atoms with Gasteiger partial charge >= 0.3 is 0 Å². The molecule has 1 aliphatic carbocycles. The molecule has 1 aliphatic rings. The van der Waals surface area contributed by atoms with Crippen molar-refractivity contribution in [2.45, 2.75) is 18.4 Å². The van der Waals surface area contributed by atoms with Crippen LogP contribution in [0, 0.1) is 0 Å². The molecular weight excluding hydrogens is 218 g/mol. The largest absolute Gasteiger partial charge is 0.399 e. The minimum absolute atomic E-state index is 0.756. The molecule has 16 heavy (non-hydrogen) atoms. The number of fused-ring (bicyclic) bond motifs is 1. The maximum Gasteiger partial charge on any atom is 0.124 e. The predicted molar refractivity (Wildman–Crippen MR) is 66.5 cm³/mol. The third kappa shape index (κ3) is 1.29. The van der Waals surface area contributed by atoms with Crippen LogP contribution in [0.25, 0.3) is 0 Å². The van der Waals surface area contributed by atoms with E-state index >= 15 is 0 Å². The van der Waals surface area contributed by atoms with E-state index in [0.29, 0.717) is 0 Å². The second-order valence-electron chi connectivity index (χ2n) is 4.25. The van der Waals surface area contributed by atoms with Crippen molar-refractivity contribution in [3.05, 3.63) is 51.7 Å². The van der Waals surface area contributed by atoms with Crippen molar-refractivity contribution in [1.82, 2.24) is 0 Å². The molecule has 0 aliphatic heterocycles. The molecule has 2 aromatic rings. The third-order valence-corrected chi connectivity index (χ3v) is 4.28. The average molecular weight is 231 g/mol. The lowest BCUT2D eigenvalue weighted by molar-refractivity contribution is 0.0868. The van der Waals surface area contributed by atoms with Crippen LogP contribution in [-0.4, -0.2) is 5.11 Å². The Morgan fingerprint density at radius 3 is 2.94 bits per heavy atom. The molecule has 3 rings (SSSR count). The highest BCUT2D eigenvalue weighted by Gasteiger charge is 2.38. The summed E-state index contributed by atoms with van der Waals surface area (Å²) in [6.45, 7) is 0. The molecule has 1 unspecified atom stereocenters. The highest BCUT2D eigenvalue weighted by Crippen LogP contribution is 2.44. The number of thiophene rings is 1. The summed E-state index contributed by atoms with van der Waals surface area (Å²) < 4.78 is 0. The molecule has 0 radical (unpaired) electrons. The summed E-state index contributed by atoms with van der Waals surface area (Å²) in [5, 5.41) is 12.8. The third-order valence-electron chi connectivity index (χ3n) is 3.26. The molecule has 2 nitrogen and oxygen atoms in total. The number of anilines is 1. The van der Waals surface area contributed by atoms with E-state index < -0.39 is 5.60 Å². The molecule has 0 spiro atoms. The van der Waals surface area contributed by atoms with Gasteiger partial charge in [0.15, 0.2) is 0 Å². The molecule has 1 heterocycles. The van der Waals surface area contributed by atoms with Gasteiger partial charge in [-0.2, -0.15) is 0 Å². The van der Waals surface area contributed by atoms with Crippen LogP contribution in [0.15, 0.2) is 35.7 Å². The summed E-state index contributed by atoms with van der Waals surface area (Å²) in [5.41, 5.74) is 7.93. The fourth-order valence-electron chi connectivity index (χ4n) is 2.44. The van der Waals surface area contributed by atoms with Crippen LogP contribution in [0.1, 0.15) is 22.4 Å². The summed E-state index contributed by atoms with van der Waals surface area (Å²) in [7, 11) is 0. The van der Waals surface area contributed by atoms with Crippen LogP contribution in [0.3, 0.4) is 0 Å². The van der Waals surface area contributed by atoms with Gasteiger partial charge in [-0.15, -0.1) is 11.3 Å². The average Bonchev–Trinajstić information content (AvgIpc) is 2.87.